The molecule has 1 aromatic carbocycles. The fourth-order valence-electron chi connectivity index (χ4n) is 2.80. The Labute approximate surface area is 149 Å². The summed E-state index contributed by atoms with van der Waals surface area (Å²) in [6.07, 6.45) is 0.784. The Hall–Kier alpha value is -2.37. The van der Waals surface area contributed by atoms with Crippen LogP contribution in [-0.2, 0) is 15.1 Å². The van der Waals surface area contributed by atoms with Gasteiger partial charge in [0.2, 0.25) is 5.91 Å². The predicted octanol–water partition coefficient (Wildman–Crippen LogP) is 2.49. The van der Waals surface area contributed by atoms with E-state index in [1.54, 1.807) is 6.92 Å². The maximum Gasteiger partial charge on any atom is 0.325 e. The summed E-state index contributed by atoms with van der Waals surface area (Å²) in [5.41, 5.74) is 0.720. The molecular formula is C19H27N3O3. The number of hydrogen-bond donors (Lipinski definition) is 2. The summed E-state index contributed by atoms with van der Waals surface area (Å²) in [6, 6.07) is 7.10. The number of nitrogens with one attached hydrogen (secondary N) is 2. The molecule has 0 spiro atoms. The third-order valence-electron chi connectivity index (χ3n) is 4.75. The van der Waals surface area contributed by atoms with Crippen LogP contribution in [0.25, 0.3) is 0 Å². The van der Waals surface area contributed by atoms with Crippen molar-refractivity contribution in [2.24, 2.45) is 0 Å². The molecule has 4 amide bonds. The van der Waals surface area contributed by atoms with E-state index in [9.17, 15) is 14.4 Å². The topological polar surface area (TPSA) is 78.5 Å². The van der Waals surface area contributed by atoms with Gasteiger partial charge in [0, 0.05) is 6.04 Å². The average Bonchev–Trinajstić information content (AvgIpc) is 2.79. The lowest BCUT2D eigenvalue weighted by Gasteiger charge is -2.23. The van der Waals surface area contributed by atoms with Gasteiger partial charge in [0.1, 0.15) is 12.1 Å². The van der Waals surface area contributed by atoms with E-state index in [1.807, 2.05) is 38.1 Å². The predicted molar refractivity (Wildman–Crippen MR) is 96.0 cm³/mol. The molecule has 6 nitrogen and oxygen atoms in total. The van der Waals surface area contributed by atoms with E-state index >= 15 is 0 Å². The summed E-state index contributed by atoms with van der Waals surface area (Å²) in [5.74, 6) is -0.358. The first-order chi connectivity index (χ1) is 11.7. The van der Waals surface area contributed by atoms with Crippen LogP contribution in [0.3, 0.4) is 0 Å². The zero-order valence-corrected chi connectivity index (χ0v) is 15.6. The van der Waals surface area contributed by atoms with Crippen LogP contribution in [0.5, 0.6) is 0 Å². The van der Waals surface area contributed by atoms with Crippen LogP contribution in [-0.4, -0.2) is 35.3 Å². The molecule has 1 heterocycles. The molecule has 136 valence electrons. The average molecular weight is 345 g/mol. The monoisotopic (exact) mass is 345 g/mol. The number of urea groups is 1. The van der Waals surface area contributed by atoms with Gasteiger partial charge in [0.05, 0.1) is 0 Å². The molecule has 1 aliphatic heterocycles. The molecule has 0 unspecified atom stereocenters. The molecule has 2 atom stereocenters. The Morgan fingerprint density at radius 1 is 1.20 bits per heavy atom. The molecule has 1 aromatic rings. The number of imide groups is 1. The largest absolute Gasteiger partial charge is 0.352 e. The first-order valence-corrected chi connectivity index (χ1v) is 8.73. The highest BCUT2D eigenvalue weighted by Gasteiger charge is 2.49. The fraction of sp³-hybridized carbons (Fsp3) is 0.526. The van der Waals surface area contributed by atoms with Gasteiger partial charge in [-0.15, -0.1) is 0 Å². The highest BCUT2D eigenvalue weighted by atomic mass is 16.2. The molecule has 0 aliphatic carbocycles. The van der Waals surface area contributed by atoms with Crippen molar-refractivity contribution >= 4 is 17.8 Å². The normalized spacial score (nSPS) is 21.4. The van der Waals surface area contributed by atoms with Crippen molar-refractivity contribution in [1.82, 2.24) is 15.5 Å². The summed E-state index contributed by atoms with van der Waals surface area (Å²) in [6.45, 7) is 9.42. The molecule has 2 rings (SSSR count). The standard InChI is InChI=1S/C19H27N3O3/c1-6-13(4)20-16(23)11-22-17(24)19(5,21-18(22)25)15-9-7-14(8-10-15)12(2)3/h7-10,12-13H,6,11H2,1-5H3,(H,20,23)(H,21,25)/t13-,19+/m0/s1. The molecule has 0 bridgehead atoms. The molecule has 0 radical (unpaired) electrons. The van der Waals surface area contributed by atoms with E-state index in [2.05, 4.69) is 24.5 Å². The Morgan fingerprint density at radius 2 is 1.80 bits per heavy atom. The molecule has 2 N–H and O–H groups in total. The Morgan fingerprint density at radius 3 is 2.32 bits per heavy atom. The van der Waals surface area contributed by atoms with Gasteiger partial charge >= 0.3 is 6.03 Å². The van der Waals surface area contributed by atoms with E-state index < -0.39 is 17.5 Å². The van der Waals surface area contributed by atoms with Crippen molar-refractivity contribution in [3.63, 3.8) is 0 Å². The van der Waals surface area contributed by atoms with Crippen molar-refractivity contribution in [1.29, 1.82) is 0 Å². The van der Waals surface area contributed by atoms with Gasteiger partial charge in [-0.3, -0.25) is 14.5 Å². The molecule has 6 heteroatoms. The second-order valence-corrected chi connectivity index (χ2v) is 7.10. The number of nitrogens with zero attached hydrogens (tertiary/aromatic N) is 1. The zero-order valence-electron chi connectivity index (χ0n) is 15.6. The molecule has 0 saturated carbocycles. The quantitative estimate of drug-likeness (QED) is 0.778. The summed E-state index contributed by atoms with van der Waals surface area (Å²) in [5, 5.41) is 5.50. The van der Waals surface area contributed by atoms with Crippen LogP contribution in [0, 0.1) is 0 Å². The number of amides is 4. The van der Waals surface area contributed by atoms with Crippen LogP contribution >= 0.6 is 0 Å². The van der Waals surface area contributed by atoms with E-state index in [4.69, 9.17) is 0 Å². The van der Waals surface area contributed by atoms with Crippen molar-refractivity contribution in [3.8, 4) is 0 Å². The second-order valence-electron chi connectivity index (χ2n) is 7.10. The SMILES string of the molecule is CC[C@H](C)NC(=O)CN1C(=O)N[C@](C)(c2ccc(C(C)C)cc2)C1=O. The molecule has 0 aromatic heterocycles. The fourth-order valence-corrected chi connectivity index (χ4v) is 2.80. The van der Waals surface area contributed by atoms with Crippen LogP contribution in [0.15, 0.2) is 24.3 Å². The Balaban J connectivity index is 2.17. The van der Waals surface area contributed by atoms with Crippen LogP contribution in [0.1, 0.15) is 58.1 Å². The highest BCUT2D eigenvalue weighted by Crippen LogP contribution is 2.29. The van der Waals surface area contributed by atoms with Crippen molar-refractivity contribution < 1.29 is 14.4 Å². The molecule has 1 saturated heterocycles. The molecular weight excluding hydrogens is 318 g/mol. The number of rotatable bonds is 6. The Bertz CT molecular complexity index is 669. The van der Waals surface area contributed by atoms with Gasteiger partial charge in [0.25, 0.3) is 5.91 Å². The van der Waals surface area contributed by atoms with E-state index in [0.717, 1.165) is 16.9 Å². The van der Waals surface area contributed by atoms with Gasteiger partial charge in [-0.05, 0) is 37.3 Å². The summed E-state index contributed by atoms with van der Waals surface area (Å²) < 4.78 is 0. The lowest BCUT2D eigenvalue weighted by Crippen LogP contribution is -2.44. The van der Waals surface area contributed by atoms with E-state index in [-0.39, 0.29) is 18.5 Å². The third-order valence-corrected chi connectivity index (χ3v) is 4.75. The van der Waals surface area contributed by atoms with Gasteiger partial charge in [-0.2, -0.15) is 0 Å². The van der Waals surface area contributed by atoms with Crippen LogP contribution < -0.4 is 10.6 Å². The lowest BCUT2D eigenvalue weighted by molar-refractivity contribution is -0.135. The maximum atomic E-state index is 12.8. The second kappa shape index (κ2) is 7.25. The molecule has 25 heavy (non-hydrogen) atoms. The highest BCUT2D eigenvalue weighted by molar-refractivity contribution is 6.09. The summed E-state index contributed by atoms with van der Waals surface area (Å²) >= 11 is 0. The molecule has 1 fully saturated rings. The van der Waals surface area contributed by atoms with Crippen molar-refractivity contribution in [2.45, 2.75) is 58.5 Å². The number of carbonyl (C=O) groups is 3. The minimum atomic E-state index is -1.15. The zero-order chi connectivity index (χ0) is 18.8. The molecule has 1 aliphatic rings. The van der Waals surface area contributed by atoms with E-state index in [1.165, 1.54) is 0 Å². The van der Waals surface area contributed by atoms with Crippen molar-refractivity contribution in [3.05, 3.63) is 35.4 Å². The number of carbonyl (C=O) groups excluding carboxylic acids is 3. The first kappa shape index (κ1) is 19.0. The van der Waals surface area contributed by atoms with Crippen molar-refractivity contribution in [2.75, 3.05) is 6.54 Å². The Kier molecular flexibility index (Phi) is 5.50. The summed E-state index contributed by atoms with van der Waals surface area (Å²) in [4.78, 5) is 38.1. The smallest absolute Gasteiger partial charge is 0.325 e. The summed E-state index contributed by atoms with van der Waals surface area (Å²) in [7, 11) is 0. The van der Waals surface area contributed by atoms with Gasteiger partial charge < -0.3 is 10.6 Å². The number of benzene rings is 1. The first-order valence-electron chi connectivity index (χ1n) is 8.73. The maximum absolute atomic E-state index is 12.8. The lowest BCUT2D eigenvalue weighted by atomic mass is 9.90. The van der Waals surface area contributed by atoms with Gasteiger partial charge in [-0.25, -0.2) is 4.79 Å². The van der Waals surface area contributed by atoms with Crippen LogP contribution in [0.4, 0.5) is 4.79 Å². The van der Waals surface area contributed by atoms with Gasteiger partial charge in [0.15, 0.2) is 0 Å². The minimum absolute atomic E-state index is 0.00299. The third kappa shape index (κ3) is 3.83. The minimum Gasteiger partial charge on any atom is -0.352 e. The van der Waals surface area contributed by atoms with Gasteiger partial charge in [-0.1, -0.05) is 45.0 Å². The van der Waals surface area contributed by atoms with E-state index in [0.29, 0.717) is 11.5 Å². The number of hydrogen-bond acceptors (Lipinski definition) is 3. The van der Waals surface area contributed by atoms with Crippen LogP contribution in [0.2, 0.25) is 0 Å².